The Morgan fingerprint density at radius 1 is 1.07 bits per heavy atom. The summed E-state index contributed by atoms with van der Waals surface area (Å²) < 4.78 is 12.9. The fourth-order valence-electron chi connectivity index (χ4n) is 2.69. The van der Waals surface area contributed by atoms with Gasteiger partial charge in [0.2, 0.25) is 5.91 Å². The van der Waals surface area contributed by atoms with E-state index in [0.717, 1.165) is 21.0 Å². The van der Waals surface area contributed by atoms with Crippen molar-refractivity contribution >= 4 is 28.8 Å². The van der Waals surface area contributed by atoms with E-state index in [9.17, 15) is 14.0 Å². The van der Waals surface area contributed by atoms with E-state index in [4.69, 9.17) is 0 Å². The van der Waals surface area contributed by atoms with E-state index < -0.39 is 0 Å². The maximum atomic E-state index is 12.9. The first-order valence-electron chi connectivity index (χ1n) is 8.80. The minimum Gasteiger partial charge on any atom is -0.350 e. The highest BCUT2D eigenvalue weighted by Crippen LogP contribution is 2.28. The van der Waals surface area contributed by atoms with Crippen molar-refractivity contribution in [3.05, 3.63) is 70.5 Å². The van der Waals surface area contributed by atoms with Gasteiger partial charge in [-0.1, -0.05) is 12.1 Å². The van der Waals surface area contributed by atoms with Gasteiger partial charge in [-0.2, -0.15) is 0 Å². The molecule has 0 spiro atoms. The van der Waals surface area contributed by atoms with Crippen LogP contribution in [0.3, 0.4) is 0 Å². The molecule has 3 rings (SSSR count). The predicted molar refractivity (Wildman–Crippen MR) is 109 cm³/mol. The molecule has 7 heteroatoms. The van der Waals surface area contributed by atoms with Crippen molar-refractivity contribution in [2.75, 3.05) is 11.9 Å². The summed E-state index contributed by atoms with van der Waals surface area (Å²) in [6.07, 6.45) is 0.618. The second-order valence-electron chi connectivity index (χ2n) is 6.31. The SMILES string of the molecule is CC(=O)Nc1ccc(-c2nc(C(=O)NCCc3ccc(F)cc3)c(C)s2)cc1. The van der Waals surface area contributed by atoms with Gasteiger partial charge in [-0.3, -0.25) is 9.59 Å². The van der Waals surface area contributed by atoms with Crippen molar-refractivity contribution in [1.82, 2.24) is 10.3 Å². The number of carbonyl (C=O) groups is 2. The molecule has 0 atom stereocenters. The van der Waals surface area contributed by atoms with E-state index in [1.807, 2.05) is 19.1 Å². The molecule has 2 aromatic carbocycles. The van der Waals surface area contributed by atoms with Crippen LogP contribution in [0, 0.1) is 12.7 Å². The second-order valence-corrected chi connectivity index (χ2v) is 7.52. The fraction of sp³-hybridized carbons (Fsp3) is 0.190. The lowest BCUT2D eigenvalue weighted by Gasteiger charge is -2.04. The second kappa shape index (κ2) is 8.75. The zero-order valence-corrected chi connectivity index (χ0v) is 16.4. The highest BCUT2D eigenvalue weighted by atomic mass is 32.1. The molecule has 0 saturated carbocycles. The lowest BCUT2D eigenvalue weighted by molar-refractivity contribution is -0.114. The molecule has 5 nitrogen and oxygen atoms in total. The Labute approximate surface area is 166 Å². The molecular formula is C21H20FN3O2S. The Kier molecular flexibility index (Phi) is 6.16. The maximum Gasteiger partial charge on any atom is 0.271 e. The molecule has 3 aromatic rings. The Balaban J connectivity index is 1.63. The minimum atomic E-state index is -0.275. The highest BCUT2D eigenvalue weighted by Gasteiger charge is 2.16. The number of nitrogens with zero attached hydrogens (tertiary/aromatic N) is 1. The van der Waals surface area contributed by atoms with E-state index in [1.165, 1.54) is 30.4 Å². The van der Waals surface area contributed by atoms with Crippen molar-refractivity contribution in [1.29, 1.82) is 0 Å². The van der Waals surface area contributed by atoms with E-state index >= 15 is 0 Å². The summed E-state index contributed by atoms with van der Waals surface area (Å²) in [4.78, 5) is 28.9. The molecule has 1 heterocycles. The number of aromatic nitrogens is 1. The van der Waals surface area contributed by atoms with Gasteiger partial charge in [0.15, 0.2) is 0 Å². The summed E-state index contributed by atoms with van der Waals surface area (Å²) >= 11 is 1.45. The van der Waals surface area contributed by atoms with E-state index in [0.29, 0.717) is 24.3 Å². The molecule has 0 saturated heterocycles. The van der Waals surface area contributed by atoms with Gasteiger partial charge in [0.05, 0.1) is 0 Å². The summed E-state index contributed by atoms with van der Waals surface area (Å²) in [5.41, 5.74) is 2.96. The topological polar surface area (TPSA) is 71.1 Å². The van der Waals surface area contributed by atoms with Gasteiger partial charge in [0, 0.05) is 29.6 Å². The molecule has 0 aliphatic rings. The van der Waals surface area contributed by atoms with Crippen LogP contribution in [-0.2, 0) is 11.2 Å². The van der Waals surface area contributed by atoms with Gasteiger partial charge in [-0.15, -0.1) is 11.3 Å². The van der Waals surface area contributed by atoms with Crippen molar-refractivity contribution < 1.29 is 14.0 Å². The van der Waals surface area contributed by atoms with E-state index in [1.54, 1.807) is 24.3 Å². The number of thiazole rings is 1. The molecule has 0 bridgehead atoms. The molecule has 144 valence electrons. The highest BCUT2D eigenvalue weighted by molar-refractivity contribution is 7.15. The molecule has 0 radical (unpaired) electrons. The number of rotatable bonds is 6. The number of carbonyl (C=O) groups excluding carboxylic acids is 2. The first kappa shape index (κ1) is 19.7. The van der Waals surface area contributed by atoms with Gasteiger partial charge in [0.1, 0.15) is 16.5 Å². The average Bonchev–Trinajstić information content (AvgIpc) is 3.05. The Bertz CT molecular complexity index is 982. The summed E-state index contributed by atoms with van der Waals surface area (Å²) in [6, 6.07) is 13.6. The van der Waals surface area contributed by atoms with Gasteiger partial charge >= 0.3 is 0 Å². The molecule has 2 N–H and O–H groups in total. The first-order chi connectivity index (χ1) is 13.4. The Morgan fingerprint density at radius 2 is 1.75 bits per heavy atom. The monoisotopic (exact) mass is 397 g/mol. The van der Waals surface area contributed by atoms with Crippen LogP contribution in [0.1, 0.15) is 27.9 Å². The molecular weight excluding hydrogens is 377 g/mol. The number of benzene rings is 2. The van der Waals surface area contributed by atoms with Crippen LogP contribution in [0.25, 0.3) is 10.6 Å². The van der Waals surface area contributed by atoms with Crippen molar-refractivity contribution in [2.45, 2.75) is 20.3 Å². The standard InChI is InChI=1S/C21H20FN3O2S/c1-13-19(20(27)23-12-11-15-3-7-17(22)8-4-15)25-21(28-13)16-5-9-18(10-6-16)24-14(2)26/h3-10H,11-12H2,1-2H3,(H,23,27)(H,24,26). The number of nitrogens with one attached hydrogen (secondary N) is 2. The summed E-state index contributed by atoms with van der Waals surface area (Å²) in [5.74, 6) is -0.627. The number of halogens is 1. The number of amides is 2. The van der Waals surface area contributed by atoms with Gasteiger partial charge in [-0.05, 0) is 55.3 Å². The third-order valence-corrected chi connectivity index (χ3v) is 5.10. The number of anilines is 1. The normalized spacial score (nSPS) is 10.5. The van der Waals surface area contributed by atoms with Crippen LogP contribution in [-0.4, -0.2) is 23.3 Å². The Morgan fingerprint density at radius 3 is 2.39 bits per heavy atom. The third kappa shape index (κ3) is 5.01. The quantitative estimate of drug-likeness (QED) is 0.655. The zero-order chi connectivity index (χ0) is 20.1. The van der Waals surface area contributed by atoms with Crippen LogP contribution in [0.4, 0.5) is 10.1 Å². The molecule has 0 fully saturated rings. The summed E-state index contributed by atoms with van der Waals surface area (Å²) in [5, 5.41) is 6.33. The van der Waals surface area contributed by atoms with Gasteiger partial charge in [-0.25, -0.2) is 9.37 Å². The zero-order valence-electron chi connectivity index (χ0n) is 15.6. The smallest absolute Gasteiger partial charge is 0.271 e. The van der Waals surface area contributed by atoms with Crippen molar-refractivity contribution in [3.63, 3.8) is 0 Å². The van der Waals surface area contributed by atoms with Crippen LogP contribution in [0.15, 0.2) is 48.5 Å². The Hall–Kier alpha value is -3.06. The van der Waals surface area contributed by atoms with E-state index in [2.05, 4.69) is 15.6 Å². The summed E-state index contributed by atoms with van der Waals surface area (Å²) in [6.45, 7) is 3.77. The number of hydrogen-bond donors (Lipinski definition) is 2. The maximum absolute atomic E-state index is 12.9. The molecule has 0 unspecified atom stereocenters. The molecule has 28 heavy (non-hydrogen) atoms. The third-order valence-electron chi connectivity index (χ3n) is 4.08. The van der Waals surface area contributed by atoms with Crippen LogP contribution in [0.2, 0.25) is 0 Å². The molecule has 0 aliphatic carbocycles. The fourth-order valence-corrected chi connectivity index (χ4v) is 3.60. The summed E-state index contributed by atoms with van der Waals surface area (Å²) in [7, 11) is 0. The number of aryl methyl sites for hydroxylation is 1. The molecule has 2 amide bonds. The van der Waals surface area contributed by atoms with Gasteiger partial charge < -0.3 is 10.6 Å². The van der Waals surface area contributed by atoms with Crippen molar-refractivity contribution in [2.24, 2.45) is 0 Å². The lowest BCUT2D eigenvalue weighted by Crippen LogP contribution is -2.26. The average molecular weight is 397 g/mol. The van der Waals surface area contributed by atoms with Crippen LogP contribution >= 0.6 is 11.3 Å². The first-order valence-corrected chi connectivity index (χ1v) is 9.62. The van der Waals surface area contributed by atoms with Gasteiger partial charge in [0.25, 0.3) is 5.91 Å². The van der Waals surface area contributed by atoms with Crippen molar-refractivity contribution in [3.8, 4) is 10.6 Å². The largest absolute Gasteiger partial charge is 0.350 e. The molecule has 1 aromatic heterocycles. The lowest BCUT2D eigenvalue weighted by atomic mass is 10.1. The molecule has 0 aliphatic heterocycles. The number of hydrogen-bond acceptors (Lipinski definition) is 4. The van der Waals surface area contributed by atoms with Crippen LogP contribution in [0.5, 0.6) is 0 Å². The minimum absolute atomic E-state index is 0.127. The van der Waals surface area contributed by atoms with E-state index in [-0.39, 0.29) is 17.6 Å². The van der Waals surface area contributed by atoms with Crippen LogP contribution < -0.4 is 10.6 Å². The predicted octanol–water partition coefficient (Wildman–Crippen LogP) is 4.19.